The quantitative estimate of drug-likeness (QED) is 0.127. The molecule has 15 N–H and O–H groups in total. The SMILES string of the molecule is N[C@H]1[C@H](O)[C@@H](O)[C@@H](O[C@H]2OC3C[C@@H](N)[C@@H](O[C@H]4[C@H](O)[C@@H](O)[C@H](N)C[C@@H]4N)O[C@@H]3[C@H](O)[C@@H]2NCC2CC2)O[C@@H]1CO. The summed E-state index contributed by atoms with van der Waals surface area (Å²) in [6.07, 6.45) is -11.5. The summed E-state index contributed by atoms with van der Waals surface area (Å²) in [5.41, 5.74) is 24.2. The number of hydrogen-bond acceptors (Lipinski definition) is 16. The molecular formula is C24H45N5O11. The molecule has 232 valence electrons. The Hall–Kier alpha value is -0.640. The molecule has 3 saturated heterocycles. The number of ether oxygens (including phenoxy) is 5. The second-order valence-corrected chi connectivity index (χ2v) is 11.8. The van der Waals surface area contributed by atoms with Crippen molar-refractivity contribution >= 4 is 0 Å². The van der Waals surface area contributed by atoms with E-state index in [0.29, 0.717) is 12.5 Å². The van der Waals surface area contributed by atoms with E-state index in [1.54, 1.807) is 0 Å². The normalized spacial score (nSPS) is 53.7. The molecule has 2 aliphatic carbocycles. The molecule has 0 aromatic rings. The molecule has 0 bridgehead atoms. The van der Waals surface area contributed by atoms with Crippen molar-refractivity contribution in [3.8, 4) is 0 Å². The molecule has 17 atom stereocenters. The van der Waals surface area contributed by atoms with Gasteiger partial charge in [-0.25, -0.2) is 0 Å². The van der Waals surface area contributed by atoms with Crippen LogP contribution in [0.3, 0.4) is 0 Å². The Kier molecular flexibility index (Phi) is 9.65. The highest BCUT2D eigenvalue weighted by molar-refractivity contribution is 5.02. The summed E-state index contributed by atoms with van der Waals surface area (Å²) in [6, 6.07) is -3.99. The summed E-state index contributed by atoms with van der Waals surface area (Å²) in [5.74, 6) is 0.435. The number of hydrogen-bond donors (Lipinski definition) is 11. The second kappa shape index (κ2) is 12.5. The van der Waals surface area contributed by atoms with E-state index in [4.69, 9.17) is 46.6 Å². The largest absolute Gasteiger partial charge is 0.394 e. The molecule has 2 saturated carbocycles. The highest BCUT2D eigenvalue weighted by Gasteiger charge is 2.54. The molecule has 16 nitrogen and oxygen atoms in total. The van der Waals surface area contributed by atoms with Crippen LogP contribution in [-0.2, 0) is 23.7 Å². The molecule has 1 unspecified atom stereocenters. The summed E-state index contributed by atoms with van der Waals surface area (Å²) in [6.45, 7) is 0.0727. The van der Waals surface area contributed by atoms with E-state index in [2.05, 4.69) is 5.32 Å². The van der Waals surface area contributed by atoms with Gasteiger partial charge in [0, 0.05) is 12.1 Å². The zero-order valence-electron chi connectivity index (χ0n) is 22.2. The van der Waals surface area contributed by atoms with E-state index in [1.165, 1.54) is 0 Å². The van der Waals surface area contributed by atoms with Crippen LogP contribution in [0.2, 0.25) is 0 Å². The average Bonchev–Trinajstić information content (AvgIpc) is 3.75. The van der Waals surface area contributed by atoms with Gasteiger partial charge in [-0.15, -0.1) is 0 Å². The van der Waals surface area contributed by atoms with Crippen LogP contribution in [0.15, 0.2) is 0 Å². The summed E-state index contributed by atoms with van der Waals surface area (Å²) in [7, 11) is 0. The molecular weight excluding hydrogens is 534 g/mol. The number of nitrogens with two attached hydrogens (primary N) is 4. The number of nitrogens with one attached hydrogen (secondary N) is 1. The van der Waals surface area contributed by atoms with Gasteiger partial charge in [0.1, 0.15) is 42.7 Å². The Bertz CT molecular complexity index is 845. The molecule has 3 aliphatic heterocycles. The molecule has 40 heavy (non-hydrogen) atoms. The average molecular weight is 580 g/mol. The fourth-order valence-corrected chi connectivity index (χ4v) is 5.99. The predicted molar refractivity (Wildman–Crippen MR) is 135 cm³/mol. The fourth-order valence-electron chi connectivity index (χ4n) is 5.99. The van der Waals surface area contributed by atoms with Crippen molar-refractivity contribution in [1.82, 2.24) is 5.32 Å². The standard InChI is InChI=1S/C24H45N5O11/c25-8-3-9(26)20(18(34)15(8)31)38-22-10(27)4-11-21(39-22)17(33)14(29-5-7-1-2-7)23(36-11)40-24-19(35)16(32)13(28)12(6-30)37-24/h7-24,29-35H,1-6,25-28H2/t8-,9+,10-,11?,12-,13-,14+,15+,16+,17-,18-,19-,20-,21+,22+,23-,24-/m1/s1. The Labute approximate surface area is 231 Å². The zero-order valence-corrected chi connectivity index (χ0v) is 22.2. The third kappa shape index (κ3) is 6.19. The fraction of sp³-hybridized carbons (Fsp3) is 1.00. The monoisotopic (exact) mass is 579 g/mol. The van der Waals surface area contributed by atoms with Crippen LogP contribution in [0.5, 0.6) is 0 Å². The molecule has 3 heterocycles. The third-order valence-corrected chi connectivity index (χ3v) is 8.75. The maximum absolute atomic E-state index is 11.5. The van der Waals surface area contributed by atoms with Gasteiger partial charge in [-0.2, -0.15) is 0 Å². The van der Waals surface area contributed by atoms with E-state index in [-0.39, 0.29) is 12.8 Å². The highest BCUT2D eigenvalue weighted by atomic mass is 16.8. The minimum atomic E-state index is -1.53. The molecule has 5 aliphatic rings. The van der Waals surface area contributed by atoms with E-state index in [1.807, 2.05) is 0 Å². The van der Waals surface area contributed by atoms with E-state index in [9.17, 15) is 30.6 Å². The number of fused-ring (bicyclic) bond motifs is 1. The Balaban J connectivity index is 1.29. The highest BCUT2D eigenvalue weighted by Crippen LogP contribution is 2.36. The Morgan fingerprint density at radius 3 is 2.10 bits per heavy atom. The van der Waals surface area contributed by atoms with Gasteiger partial charge >= 0.3 is 0 Å². The predicted octanol–water partition coefficient (Wildman–Crippen LogP) is -6.17. The first-order valence-electron chi connectivity index (χ1n) is 14.0. The van der Waals surface area contributed by atoms with Crippen LogP contribution < -0.4 is 28.3 Å². The number of aliphatic hydroxyl groups excluding tert-OH is 6. The first kappa shape index (κ1) is 30.8. The third-order valence-electron chi connectivity index (χ3n) is 8.75. The Morgan fingerprint density at radius 1 is 0.700 bits per heavy atom. The summed E-state index contributed by atoms with van der Waals surface area (Å²) in [5, 5.41) is 66.0. The van der Waals surface area contributed by atoms with E-state index < -0.39 is 111 Å². The van der Waals surface area contributed by atoms with Gasteiger partial charge in [-0.1, -0.05) is 0 Å². The van der Waals surface area contributed by atoms with Crippen molar-refractivity contribution in [2.45, 2.75) is 130 Å². The van der Waals surface area contributed by atoms with Gasteiger partial charge in [0.2, 0.25) is 0 Å². The lowest BCUT2D eigenvalue weighted by Crippen LogP contribution is -2.70. The molecule has 0 aromatic carbocycles. The topological polar surface area (TPSA) is 284 Å². The van der Waals surface area contributed by atoms with Gasteiger partial charge in [0.25, 0.3) is 0 Å². The molecule has 5 rings (SSSR count). The number of rotatable bonds is 8. The summed E-state index contributed by atoms with van der Waals surface area (Å²) >= 11 is 0. The molecule has 0 radical (unpaired) electrons. The first-order chi connectivity index (χ1) is 19.0. The minimum absolute atomic E-state index is 0.169. The van der Waals surface area contributed by atoms with E-state index in [0.717, 1.165) is 12.8 Å². The van der Waals surface area contributed by atoms with Gasteiger partial charge in [0.05, 0.1) is 36.9 Å². The maximum atomic E-state index is 11.5. The van der Waals surface area contributed by atoms with Crippen LogP contribution in [-0.4, -0.2) is 148 Å². The van der Waals surface area contributed by atoms with Crippen LogP contribution in [0.1, 0.15) is 25.7 Å². The van der Waals surface area contributed by atoms with Crippen LogP contribution in [0.25, 0.3) is 0 Å². The van der Waals surface area contributed by atoms with Crippen molar-refractivity contribution in [1.29, 1.82) is 0 Å². The lowest BCUT2D eigenvalue weighted by Gasteiger charge is -2.51. The smallest absolute Gasteiger partial charge is 0.189 e. The van der Waals surface area contributed by atoms with Gasteiger partial charge < -0.3 is 82.6 Å². The molecule has 0 amide bonds. The first-order valence-corrected chi connectivity index (χ1v) is 14.0. The minimum Gasteiger partial charge on any atom is -0.394 e. The summed E-state index contributed by atoms with van der Waals surface area (Å²) in [4.78, 5) is 0. The zero-order chi connectivity index (χ0) is 28.9. The van der Waals surface area contributed by atoms with Crippen molar-refractivity contribution in [3.63, 3.8) is 0 Å². The van der Waals surface area contributed by atoms with Crippen molar-refractivity contribution in [2.24, 2.45) is 28.9 Å². The maximum Gasteiger partial charge on any atom is 0.189 e. The Morgan fingerprint density at radius 2 is 1.43 bits per heavy atom. The second-order valence-electron chi connectivity index (χ2n) is 11.8. The van der Waals surface area contributed by atoms with E-state index >= 15 is 0 Å². The molecule has 16 heteroatoms. The lowest BCUT2D eigenvalue weighted by atomic mass is 9.84. The van der Waals surface area contributed by atoms with Crippen molar-refractivity contribution < 1.29 is 54.3 Å². The lowest BCUT2D eigenvalue weighted by molar-refractivity contribution is -0.373. The van der Waals surface area contributed by atoms with Gasteiger partial charge in [-0.05, 0) is 38.1 Å². The molecule has 0 aromatic heterocycles. The number of aliphatic hydroxyl groups is 6. The van der Waals surface area contributed by atoms with Gasteiger partial charge in [0.15, 0.2) is 18.9 Å². The van der Waals surface area contributed by atoms with Crippen molar-refractivity contribution in [3.05, 3.63) is 0 Å². The molecule has 0 spiro atoms. The van der Waals surface area contributed by atoms with Crippen LogP contribution >= 0.6 is 0 Å². The van der Waals surface area contributed by atoms with Crippen LogP contribution in [0.4, 0.5) is 0 Å². The van der Waals surface area contributed by atoms with Gasteiger partial charge in [-0.3, -0.25) is 0 Å². The van der Waals surface area contributed by atoms with Crippen molar-refractivity contribution in [2.75, 3.05) is 13.2 Å². The summed E-state index contributed by atoms with van der Waals surface area (Å²) < 4.78 is 29.8. The molecule has 5 fully saturated rings. The van der Waals surface area contributed by atoms with Crippen LogP contribution in [0, 0.1) is 5.92 Å².